The van der Waals surface area contributed by atoms with Crippen LogP contribution in [0.1, 0.15) is 17.0 Å². The Labute approximate surface area is 170 Å². The van der Waals surface area contributed by atoms with Crippen LogP contribution in [-0.4, -0.2) is 28.6 Å². The molecule has 3 rings (SSSR count). The standard InChI is InChI=1S/C22H24ClN3O2/c1-4-21(27)24-10-9-20-25-18-7-5-6-8-19(18)26(20)11-12-28-17-13-15(2)22(23)16(3)14-17/h4-8,13-14H,1,9-12H2,2-3H3,(H,24,27). The van der Waals surface area contributed by atoms with Crippen molar-refractivity contribution in [3.05, 3.63) is 71.0 Å². The van der Waals surface area contributed by atoms with Crippen LogP contribution in [0.25, 0.3) is 11.0 Å². The highest BCUT2D eigenvalue weighted by Gasteiger charge is 2.11. The van der Waals surface area contributed by atoms with Crippen molar-refractivity contribution < 1.29 is 9.53 Å². The molecule has 146 valence electrons. The minimum atomic E-state index is -0.181. The fourth-order valence-corrected chi connectivity index (χ4v) is 3.29. The number of rotatable bonds is 8. The highest BCUT2D eigenvalue weighted by atomic mass is 35.5. The zero-order valence-electron chi connectivity index (χ0n) is 16.2. The zero-order valence-corrected chi connectivity index (χ0v) is 16.9. The third kappa shape index (κ3) is 4.54. The van der Waals surface area contributed by atoms with E-state index in [0.29, 0.717) is 26.1 Å². The largest absolute Gasteiger partial charge is 0.492 e. The molecule has 2 aromatic carbocycles. The maximum Gasteiger partial charge on any atom is 0.243 e. The van der Waals surface area contributed by atoms with E-state index in [4.69, 9.17) is 21.3 Å². The lowest BCUT2D eigenvalue weighted by molar-refractivity contribution is -0.116. The molecule has 5 nitrogen and oxygen atoms in total. The first-order valence-corrected chi connectivity index (χ1v) is 9.61. The van der Waals surface area contributed by atoms with Gasteiger partial charge in [-0.25, -0.2) is 4.98 Å². The average Bonchev–Trinajstić information content (AvgIpc) is 3.03. The molecule has 0 aliphatic rings. The van der Waals surface area contributed by atoms with E-state index in [1.54, 1.807) is 0 Å². The van der Waals surface area contributed by atoms with E-state index >= 15 is 0 Å². The first kappa shape index (κ1) is 20.0. The van der Waals surface area contributed by atoms with Gasteiger partial charge < -0.3 is 14.6 Å². The van der Waals surface area contributed by atoms with Crippen LogP contribution in [0.2, 0.25) is 5.02 Å². The molecule has 0 atom stereocenters. The summed E-state index contributed by atoms with van der Waals surface area (Å²) in [6, 6.07) is 11.9. The minimum absolute atomic E-state index is 0.181. The normalized spacial score (nSPS) is 10.8. The summed E-state index contributed by atoms with van der Waals surface area (Å²) in [6.45, 7) is 9.08. The smallest absolute Gasteiger partial charge is 0.243 e. The number of imidazole rings is 1. The second kappa shape index (κ2) is 8.93. The Morgan fingerprint density at radius 1 is 1.29 bits per heavy atom. The van der Waals surface area contributed by atoms with E-state index in [9.17, 15) is 4.79 Å². The third-order valence-corrected chi connectivity index (χ3v) is 5.16. The molecular formula is C22H24ClN3O2. The number of hydrogen-bond donors (Lipinski definition) is 1. The minimum Gasteiger partial charge on any atom is -0.492 e. The summed E-state index contributed by atoms with van der Waals surface area (Å²) >= 11 is 6.23. The van der Waals surface area contributed by atoms with Gasteiger partial charge in [-0.1, -0.05) is 30.3 Å². The van der Waals surface area contributed by atoms with Crippen LogP contribution in [0.15, 0.2) is 49.1 Å². The lowest BCUT2D eigenvalue weighted by atomic mass is 10.1. The molecule has 0 aliphatic heterocycles. The van der Waals surface area contributed by atoms with Crippen molar-refractivity contribution in [3.8, 4) is 5.75 Å². The topological polar surface area (TPSA) is 56.2 Å². The summed E-state index contributed by atoms with van der Waals surface area (Å²) < 4.78 is 8.11. The Kier molecular flexibility index (Phi) is 6.37. The zero-order chi connectivity index (χ0) is 20.1. The summed E-state index contributed by atoms with van der Waals surface area (Å²) in [6.07, 6.45) is 1.90. The molecular weight excluding hydrogens is 374 g/mol. The lowest BCUT2D eigenvalue weighted by Crippen LogP contribution is -2.24. The number of fused-ring (bicyclic) bond motifs is 1. The van der Waals surface area contributed by atoms with Gasteiger partial charge in [0.25, 0.3) is 0 Å². The number of carbonyl (C=O) groups excluding carboxylic acids is 1. The van der Waals surface area contributed by atoms with Gasteiger partial charge >= 0.3 is 0 Å². The van der Waals surface area contributed by atoms with Crippen LogP contribution >= 0.6 is 11.6 Å². The van der Waals surface area contributed by atoms with Crippen LogP contribution in [-0.2, 0) is 17.8 Å². The molecule has 0 bridgehead atoms. The highest BCUT2D eigenvalue weighted by Crippen LogP contribution is 2.26. The molecule has 28 heavy (non-hydrogen) atoms. The average molecular weight is 398 g/mol. The second-order valence-corrected chi connectivity index (χ2v) is 7.01. The maximum atomic E-state index is 11.4. The molecule has 0 saturated heterocycles. The third-order valence-electron chi connectivity index (χ3n) is 4.56. The van der Waals surface area contributed by atoms with Crippen molar-refractivity contribution in [2.75, 3.05) is 13.2 Å². The van der Waals surface area contributed by atoms with Gasteiger partial charge in [-0.15, -0.1) is 0 Å². The van der Waals surface area contributed by atoms with Gasteiger partial charge in [-0.05, 0) is 55.3 Å². The lowest BCUT2D eigenvalue weighted by Gasteiger charge is -2.13. The number of aromatic nitrogens is 2. The molecule has 0 radical (unpaired) electrons. The predicted molar refractivity (Wildman–Crippen MR) is 113 cm³/mol. The Morgan fingerprint density at radius 2 is 2.00 bits per heavy atom. The molecule has 1 amide bonds. The Hall–Kier alpha value is -2.79. The first-order valence-electron chi connectivity index (χ1n) is 9.23. The van der Waals surface area contributed by atoms with Crippen molar-refractivity contribution in [3.63, 3.8) is 0 Å². The van der Waals surface area contributed by atoms with E-state index in [1.807, 2.05) is 50.2 Å². The van der Waals surface area contributed by atoms with Crippen LogP contribution in [0.4, 0.5) is 0 Å². The predicted octanol–water partition coefficient (Wildman–Crippen LogP) is 4.23. The molecule has 1 aromatic heterocycles. The fourth-order valence-electron chi connectivity index (χ4n) is 3.18. The SMILES string of the molecule is C=CC(=O)NCCc1nc2ccccc2n1CCOc1cc(C)c(Cl)c(C)c1. The van der Waals surface area contributed by atoms with E-state index in [1.165, 1.54) is 6.08 Å². The van der Waals surface area contributed by atoms with E-state index in [-0.39, 0.29) is 5.91 Å². The van der Waals surface area contributed by atoms with Gasteiger partial charge in [0.05, 0.1) is 17.6 Å². The molecule has 0 spiro atoms. The van der Waals surface area contributed by atoms with Crippen LogP contribution in [0.3, 0.4) is 0 Å². The Bertz CT molecular complexity index is 987. The van der Waals surface area contributed by atoms with Crippen molar-refractivity contribution in [1.29, 1.82) is 0 Å². The fraction of sp³-hybridized carbons (Fsp3) is 0.273. The molecule has 0 unspecified atom stereocenters. The van der Waals surface area contributed by atoms with E-state index < -0.39 is 0 Å². The quantitative estimate of drug-likeness (QED) is 0.578. The number of ether oxygens (including phenoxy) is 1. The Balaban J connectivity index is 1.73. The van der Waals surface area contributed by atoms with E-state index in [2.05, 4.69) is 16.5 Å². The molecule has 6 heteroatoms. The van der Waals surface area contributed by atoms with Gasteiger partial charge in [0, 0.05) is 18.0 Å². The molecule has 3 aromatic rings. The summed E-state index contributed by atoms with van der Waals surface area (Å²) in [5.41, 5.74) is 4.00. The van der Waals surface area contributed by atoms with Crippen LogP contribution in [0.5, 0.6) is 5.75 Å². The Morgan fingerprint density at radius 3 is 2.71 bits per heavy atom. The molecule has 0 saturated carbocycles. The van der Waals surface area contributed by atoms with Gasteiger partial charge in [0.2, 0.25) is 5.91 Å². The number of hydrogen-bond acceptors (Lipinski definition) is 3. The van der Waals surface area contributed by atoms with Crippen LogP contribution < -0.4 is 10.1 Å². The number of carbonyl (C=O) groups is 1. The number of nitrogens with one attached hydrogen (secondary N) is 1. The summed E-state index contributed by atoms with van der Waals surface area (Å²) in [5, 5.41) is 3.57. The van der Waals surface area contributed by atoms with Crippen molar-refractivity contribution in [1.82, 2.24) is 14.9 Å². The molecule has 0 fully saturated rings. The summed E-state index contributed by atoms with van der Waals surface area (Å²) in [4.78, 5) is 16.1. The number of halogens is 1. The monoisotopic (exact) mass is 397 g/mol. The molecule has 0 aliphatic carbocycles. The van der Waals surface area contributed by atoms with Gasteiger partial charge in [-0.2, -0.15) is 0 Å². The van der Waals surface area contributed by atoms with Gasteiger partial charge in [0.15, 0.2) is 0 Å². The number of aryl methyl sites for hydroxylation is 2. The van der Waals surface area contributed by atoms with Crippen LogP contribution in [0, 0.1) is 13.8 Å². The number of nitrogens with zero attached hydrogens (tertiary/aromatic N) is 2. The van der Waals surface area contributed by atoms with Crippen molar-refractivity contribution in [2.45, 2.75) is 26.8 Å². The molecule has 1 heterocycles. The van der Waals surface area contributed by atoms with E-state index in [0.717, 1.165) is 38.8 Å². The maximum absolute atomic E-state index is 11.4. The van der Waals surface area contributed by atoms with Crippen molar-refractivity contribution in [2.24, 2.45) is 0 Å². The second-order valence-electron chi connectivity index (χ2n) is 6.63. The number of para-hydroxylation sites is 2. The first-order chi connectivity index (χ1) is 13.5. The number of amides is 1. The highest BCUT2D eigenvalue weighted by molar-refractivity contribution is 6.32. The van der Waals surface area contributed by atoms with Crippen molar-refractivity contribution >= 4 is 28.5 Å². The summed E-state index contributed by atoms with van der Waals surface area (Å²) in [7, 11) is 0. The van der Waals surface area contributed by atoms with Gasteiger partial charge in [0.1, 0.15) is 18.2 Å². The van der Waals surface area contributed by atoms with Gasteiger partial charge in [-0.3, -0.25) is 4.79 Å². The molecule has 1 N–H and O–H groups in total. The number of benzene rings is 2. The summed E-state index contributed by atoms with van der Waals surface area (Å²) in [5.74, 6) is 1.54.